The lowest BCUT2D eigenvalue weighted by Gasteiger charge is -2.25. The van der Waals surface area contributed by atoms with Crippen molar-refractivity contribution in [3.05, 3.63) is 46.1 Å². The van der Waals surface area contributed by atoms with Crippen molar-refractivity contribution in [1.82, 2.24) is 19.9 Å². The topological polar surface area (TPSA) is 124 Å². The second-order valence-corrected chi connectivity index (χ2v) is 10.5. The van der Waals surface area contributed by atoms with Crippen LogP contribution < -0.4 is 10.2 Å². The van der Waals surface area contributed by atoms with Crippen molar-refractivity contribution in [2.24, 2.45) is 0 Å². The molecule has 11 heteroatoms. The van der Waals surface area contributed by atoms with Crippen LogP contribution in [-0.2, 0) is 11.2 Å². The Balaban J connectivity index is 1.62. The second kappa shape index (κ2) is 9.54. The highest BCUT2D eigenvalue weighted by Crippen LogP contribution is 2.36. The number of benzene rings is 1. The first-order chi connectivity index (χ1) is 17.0. The number of thiazole rings is 1. The molecule has 0 atom stereocenters. The van der Waals surface area contributed by atoms with E-state index in [1.165, 1.54) is 21.1 Å². The highest BCUT2D eigenvalue weighted by atomic mass is 32.1. The molecule has 1 aromatic carbocycles. The van der Waals surface area contributed by atoms with Crippen LogP contribution in [0.4, 0.5) is 21.6 Å². The summed E-state index contributed by atoms with van der Waals surface area (Å²) in [5.74, 6) is 0.204. The Kier molecular flexibility index (Phi) is 6.65. The maximum atomic E-state index is 12.7. The van der Waals surface area contributed by atoms with Crippen molar-refractivity contribution in [3.8, 4) is 17.3 Å². The van der Waals surface area contributed by atoms with Gasteiger partial charge in [0.05, 0.1) is 22.6 Å². The molecule has 4 rings (SSSR count). The van der Waals surface area contributed by atoms with Crippen molar-refractivity contribution < 1.29 is 14.3 Å². The van der Waals surface area contributed by atoms with Crippen LogP contribution in [0.2, 0.25) is 0 Å². The fraction of sp³-hybridized carbons (Fsp3) is 0.360. The van der Waals surface area contributed by atoms with E-state index >= 15 is 0 Å². The summed E-state index contributed by atoms with van der Waals surface area (Å²) in [6.45, 7) is 7.65. The number of ether oxygens (including phenoxy) is 1. The Morgan fingerprint density at radius 3 is 2.67 bits per heavy atom. The smallest absolute Gasteiger partial charge is 0.414 e. The van der Waals surface area contributed by atoms with Gasteiger partial charge in [-0.3, -0.25) is 9.69 Å². The number of nitriles is 1. The highest BCUT2D eigenvalue weighted by molar-refractivity contribution is 7.17. The van der Waals surface area contributed by atoms with E-state index in [4.69, 9.17) is 4.74 Å². The molecule has 0 spiro atoms. The van der Waals surface area contributed by atoms with Gasteiger partial charge in [-0.05, 0) is 57.9 Å². The molecule has 3 aromatic rings. The van der Waals surface area contributed by atoms with Crippen LogP contribution in [0.25, 0.3) is 11.3 Å². The van der Waals surface area contributed by atoms with E-state index in [1.807, 2.05) is 26.8 Å². The quantitative estimate of drug-likeness (QED) is 0.549. The largest absolute Gasteiger partial charge is 0.443 e. The molecule has 0 unspecified atom stereocenters. The summed E-state index contributed by atoms with van der Waals surface area (Å²) in [4.78, 5) is 41.9. The Labute approximate surface area is 213 Å². The van der Waals surface area contributed by atoms with Crippen LogP contribution >= 0.6 is 11.3 Å². The van der Waals surface area contributed by atoms with Gasteiger partial charge in [-0.1, -0.05) is 11.3 Å². The van der Waals surface area contributed by atoms with Gasteiger partial charge in [-0.25, -0.2) is 19.7 Å². The minimum absolute atomic E-state index is 0.115. The number of rotatable bonds is 4. The van der Waals surface area contributed by atoms with Gasteiger partial charge in [-0.2, -0.15) is 5.26 Å². The van der Waals surface area contributed by atoms with Crippen LogP contribution in [0.1, 0.15) is 47.3 Å². The molecular weight excluding hydrogens is 478 g/mol. The number of carbonyl (C=O) groups is 2. The molecule has 0 saturated carbocycles. The zero-order valence-corrected chi connectivity index (χ0v) is 21.9. The monoisotopic (exact) mass is 505 g/mol. The van der Waals surface area contributed by atoms with Crippen LogP contribution in [-0.4, -0.2) is 58.1 Å². The van der Waals surface area contributed by atoms with Gasteiger partial charge in [0.2, 0.25) is 5.95 Å². The first-order valence-corrected chi connectivity index (χ1v) is 12.2. The molecule has 1 aliphatic rings. The van der Waals surface area contributed by atoms with Gasteiger partial charge in [0.15, 0.2) is 5.13 Å². The number of amides is 2. The third-order valence-electron chi connectivity index (χ3n) is 5.36. The van der Waals surface area contributed by atoms with Crippen molar-refractivity contribution in [2.45, 2.75) is 39.7 Å². The van der Waals surface area contributed by atoms with Crippen molar-refractivity contribution in [1.29, 1.82) is 5.26 Å². The molecule has 0 saturated heterocycles. The van der Waals surface area contributed by atoms with Gasteiger partial charge >= 0.3 is 6.09 Å². The molecule has 186 valence electrons. The number of hydrogen-bond acceptors (Lipinski definition) is 9. The second-order valence-electron chi connectivity index (χ2n) is 9.55. The van der Waals surface area contributed by atoms with Crippen LogP contribution in [0, 0.1) is 18.3 Å². The summed E-state index contributed by atoms with van der Waals surface area (Å²) in [7, 11) is 3.39. The molecule has 10 nitrogen and oxygen atoms in total. The van der Waals surface area contributed by atoms with Crippen LogP contribution in [0.15, 0.2) is 24.4 Å². The number of aryl methyl sites for hydroxylation is 1. The third kappa shape index (κ3) is 5.13. The van der Waals surface area contributed by atoms with Gasteiger partial charge in [0.1, 0.15) is 16.5 Å². The van der Waals surface area contributed by atoms with Crippen LogP contribution in [0.3, 0.4) is 0 Å². The first kappa shape index (κ1) is 25.1. The standard InChI is InChI=1S/C25H27N7O3S/c1-14-20(21(33)31(5)6)36-23(28-14)30-22-27-9-7-18(29-22)16-11-15-8-10-32(19(15)17(12-16)13-26)24(34)35-25(2,3)4/h7,9,11-12H,8,10H2,1-6H3,(H,27,28,29,30). The molecule has 0 fully saturated rings. The molecule has 1 aliphatic heterocycles. The lowest BCUT2D eigenvalue weighted by Crippen LogP contribution is -2.36. The number of aromatic nitrogens is 3. The van der Waals surface area contributed by atoms with Gasteiger partial charge in [0, 0.05) is 32.4 Å². The van der Waals surface area contributed by atoms with E-state index < -0.39 is 11.7 Å². The minimum Gasteiger partial charge on any atom is -0.443 e. The number of hydrogen-bond donors (Lipinski definition) is 1. The average Bonchev–Trinajstić information content (AvgIpc) is 3.40. The SMILES string of the molecule is Cc1nc(Nc2nccc(-c3cc(C#N)c4c(c3)CCN4C(=O)OC(C)(C)C)n2)sc1C(=O)N(C)C. The van der Waals surface area contributed by atoms with Crippen LogP contribution in [0.5, 0.6) is 0 Å². The summed E-state index contributed by atoms with van der Waals surface area (Å²) in [5.41, 5.74) is 3.18. The van der Waals surface area contributed by atoms with Crippen molar-refractivity contribution in [2.75, 3.05) is 30.9 Å². The van der Waals surface area contributed by atoms with E-state index in [1.54, 1.807) is 39.3 Å². The third-order valence-corrected chi connectivity index (χ3v) is 6.43. The number of carbonyl (C=O) groups excluding carboxylic acids is 2. The van der Waals surface area contributed by atoms with E-state index in [0.717, 1.165) is 11.1 Å². The first-order valence-electron chi connectivity index (χ1n) is 11.3. The molecule has 0 radical (unpaired) electrons. The summed E-state index contributed by atoms with van der Waals surface area (Å²) in [6, 6.07) is 7.62. The lowest BCUT2D eigenvalue weighted by atomic mass is 10.0. The molecule has 0 bridgehead atoms. The highest BCUT2D eigenvalue weighted by Gasteiger charge is 2.32. The maximum Gasteiger partial charge on any atom is 0.414 e. The molecule has 3 heterocycles. The van der Waals surface area contributed by atoms with Gasteiger partial charge in [-0.15, -0.1) is 0 Å². The van der Waals surface area contributed by atoms with Crippen molar-refractivity contribution in [3.63, 3.8) is 0 Å². The Morgan fingerprint density at radius 1 is 1.25 bits per heavy atom. The minimum atomic E-state index is -0.632. The number of anilines is 3. The summed E-state index contributed by atoms with van der Waals surface area (Å²) < 4.78 is 5.52. The zero-order valence-electron chi connectivity index (χ0n) is 21.0. The predicted octanol–water partition coefficient (Wildman–Crippen LogP) is 4.52. The summed E-state index contributed by atoms with van der Waals surface area (Å²) in [5, 5.41) is 13.4. The Hall–Kier alpha value is -4.04. The number of nitrogens with one attached hydrogen (secondary N) is 1. The molecule has 2 aromatic heterocycles. The normalized spacial score (nSPS) is 12.6. The molecular formula is C25H27N7O3S. The zero-order chi connectivity index (χ0) is 26.2. The van der Waals surface area contributed by atoms with Gasteiger partial charge < -0.3 is 15.0 Å². The molecule has 2 amide bonds. The predicted molar refractivity (Wildman–Crippen MR) is 138 cm³/mol. The van der Waals surface area contributed by atoms with Gasteiger partial charge in [0.25, 0.3) is 5.91 Å². The lowest BCUT2D eigenvalue weighted by molar-refractivity contribution is 0.0583. The summed E-state index contributed by atoms with van der Waals surface area (Å²) >= 11 is 1.24. The Bertz CT molecular complexity index is 1390. The number of nitrogens with zero attached hydrogens (tertiary/aromatic N) is 6. The number of fused-ring (bicyclic) bond motifs is 1. The van der Waals surface area contributed by atoms with Crippen molar-refractivity contribution >= 4 is 40.1 Å². The summed E-state index contributed by atoms with van der Waals surface area (Å²) in [6.07, 6.45) is 1.75. The average molecular weight is 506 g/mol. The Morgan fingerprint density at radius 2 is 2.00 bits per heavy atom. The molecule has 36 heavy (non-hydrogen) atoms. The molecule has 0 aliphatic carbocycles. The maximum absolute atomic E-state index is 12.7. The molecule has 1 N–H and O–H groups in total. The fourth-order valence-corrected chi connectivity index (χ4v) is 4.79. The fourth-order valence-electron chi connectivity index (χ4n) is 3.81. The van der Waals surface area contributed by atoms with E-state index in [-0.39, 0.29) is 5.91 Å². The van der Waals surface area contributed by atoms with E-state index in [9.17, 15) is 14.9 Å². The van der Waals surface area contributed by atoms with E-state index in [0.29, 0.717) is 51.6 Å². The van der Waals surface area contributed by atoms with E-state index in [2.05, 4.69) is 26.3 Å².